The molecule has 0 aromatic heterocycles. The van der Waals surface area contributed by atoms with E-state index in [4.69, 9.17) is 4.74 Å². The van der Waals surface area contributed by atoms with Crippen molar-refractivity contribution in [3.63, 3.8) is 0 Å². The van der Waals surface area contributed by atoms with Crippen LogP contribution in [0.15, 0.2) is 54.6 Å². The molecule has 0 aliphatic heterocycles. The Bertz CT molecular complexity index is 878. The van der Waals surface area contributed by atoms with Crippen LogP contribution in [0.5, 0.6) is 0 Å². The van der Waals surface area contributed by atoms with Gasteiger partial charge in [-0.05, 0) is 22.1 Å². The molecule has 21 heavy (non-hydrogen) atoms. The van der Waals surface area contributed by atoms with Crippen LogP contribution in [0.3, 0.4) is 0 Å². The molecule has 0 atom stereocenters. The van der Waals surface area contributed by atoms with Gasteiger partial charge in [-0.15, -0.1) is 0 Å². The van der Waals surface area contributed by atoms with Gasteiger partial charge in [-0.3, -0.25) is 4.79 Å². The summed E-state index contributed by atoms with van der Waals surface area (Å²) >= 11 is 0. The average molecular weight is 274 g/mol. The number of benzene rings is 3. The summed E-state index contributed by atoms with van der Waals surface area (Å²) in [7, 11) is 1.69. The van der Waals surface area contributed by atoms with Crippen molar-refractivity contribution in [1.29, 1.82) is 0 Å². The van der Waals surface area contributed by atoms with E-state index in [1.54, 1.807) is 7.11 Å². The Morgan fingerprint density at radius 1 is 0.810 bits per heavy atom. The largest absolute Gasteiger partial charge is 0.380 e. The molecule has 0 bridgehead atoms. The van der Waals surface area contributed by atoms with Crippen LogP contribution in [-0.4, -0.2) is 12.9 Å². The first-order chi connectivity index (χ1) is 10.3. The van der Waals surface area contributed by atoms with Gasteiger partial charge in [0.05, 0.1) is 6.61 Å². The minimum Gasteiger partial charge on any atom is -0.380 e. The lowest BCUT2D eigenvalue weighted by atomic mass is 9.82. The molecule has 102 valence electrons. The molecular weight excluding hydrogens is 260 g/mol. The van der Waals surface area contributed by atoms with Crippen molar-refractivity contribution in [1.82, 2.24) is 0 Å². The zero-order valence-electron chi connectivity index (χ0n) is 11.7. The molecule has 0 radical (unpaired) electrons. The van der Waals surface area contributed by atoms with Gasteiger partial charge in [0.15, 0.2) is 5.78 Å². The highest BCUT2D eigenvalue weighted by molar-refractivity contribution is 6.26. The molecule has 0 saturated carbocycles. The second kappa shape index (κ2) is 4.54. The summed E-state index contributed by atoms with van der Waals surface area (Å²) in [5.74, 6) is 0.110. The normalized spacial score (nSPS) is 12.5. The Labute approximate surface area is 123 Å². The summed E-state index contributed by atoms with van der Waals surface area (Å²) in [6.07, 6.45) is 0. The van der Waals surface area contributed by atoms with E-state index in [9.17, 15) is 4.79 Å². The van der Waals surface area contributed by atoms with E-state index in [1.165, 1.54) is 0 Å². The zero-order valence-corrected chi connectivity index (χ0v) is 11.7. The topological polar surface area (TPSA) is 26.3 Å². The fourth-order valence-corrected chi connectivity index (χ4v) is 3.22. The number of ether oxygens (including phenoxy) is 1. The Morgan fingerprint density at radius 3 is 2.38 bits per heavy atom. The van der Waals surface area contributed by atoms with Crippen LogP contribution in [0.4, 0.5) is 0 Å². The Morgan fingerprint density at radius 2 is 1.57 bits per heavy atom. The van der Waals surface area contributed by atoms with Crippen molar-refractivity contribution < 1.29 is 9.53 Å². The molecule has 1 aliphatic rings. The molecule has 0 unspecified atom stereocenters. The number of hydrogen-bond acceptors (Lipinski definition) is 2. The van der Waals surface area contributed by atoms with Crippen molar-refractivity contribution in [3.05, 3.63) is 71.3 Å². The van der Waals surface area contributed by atoms with Gasteiger partial charge < -0.3 is 4.74 Å². The monoisotopic (exact) mass is 274 g/mol. The van der Waals surface area contributed by atoms with Crippen LogP contribution < -0.4 is 0 Å². The summed E-state index contributed by atoms with van der Waals surface area (Å²) < 4.78 is 5.28. The molecule has 0 fully saturated rings. The summed E-state index contributed by atoms with van der Waals surface area (Å²) in [5.41, 5.74) is 4.85. The molecule has 4 rings (SSSR count). The number of rotatable bonds is 2. The van der Waals surface area contributed by atoms with E-state index >= 15 is 0 Å². The Hall–Kier alpha value is -2.45. The lowest BCUT2D eigenvalue weighted by molar-refractivity contribution is 0.104. The first-order valence-corrected chi connectivity index (χ1v) is 6.99. The third kappa shape index (κ3) is 1.66. The lowest BCUT2D eigenvalue weighted by Crippen LogP contribution is -2.10. The molecule has 2 nitrogen and oxygen atoms in total. The van der Waals surface area contributed by atoms with E-state index in [-0.39, 0.29) is 5.78 Å². The summed E-state index contributed by atoms with van der Waals surface area (Å²) in [4.78, 5) is 12.7. The third-order valence-corrected chi connectivity index (χ3v) is 4.14. The van der Waals surface area contributed by atoms with Gasteiger partial charge in [0.2, 0.25) is 0 Å². The van der Waals surface area contributed by atoms with E-state index in [1.807, 2.05) is 36.4 Å². The molecule has 0 saturated heterocycles. The number of fused-ring (bicyclic) bond motifs is 2. The number of methoxy groups -OCH3 is 1. The van der Waals surface area contributed by atoms with Crippen molar-refractivity contribution in [3.8, 4) is 11.1 Å². The molecule has 1 aliphatic carbocycles. The second-order valence-electron chi connectivity index (χ2n) is 5.31. The van der Waals surface area contributed by atoms with E-state index in [0.29, 0.717) is 6.61 Å². The minimum atomic E-state index is 0.110. The molecule has 0 heterocycles. The number of ketones is 1. The smallest absolute Gasteiger partial charge is 0.194 e. The van der Waals surface area contributed by atoms with Crippen molar-refractivity contribution in [2.24, 2.45) is 0 Å². The highest BCUT2D eigenvalue weighted by atomic mass is 16.5. The van der Waals surface area contributed by atoms with E-state index in [0.717, 1.165) is 38.6 Å². The maximum atomic E-state index is 12.7. The lowest BCUT2D eigenvalue weighted by Gasteiger charge is -2.21. The van der Waals surface area contributed by atoms with Gasteiger partial charge in [-0.1, -0.05) is 54.6 Å². The molecule has 3 aromatic rings. The summed E-state index contributed by atoms with van der Waals surface area (Å²) in [5, 5.41) is 2.16. The number of carbonyl (C=O) groups is 1. The maximum absolute atomic E-state index is 12.7. The first kappa shape index (κ1) is 12.3. The van der Waals surface area contributed by atoms with Crippen LogP contribution in [0.2, 0.25) is 0 Å². The SMILES string of the molecule is COCc1ccc2c3c(cccc13)C(=O)c1ccccc1-2. The molecule has 0 amide bonds. The van der Waals surface area contributed by atoms with Crippen LogP contribution in [0, 0.1) is 0 Å². The fourth-order valence-electron chi connectivity index (χ4n) is 3.22. The zero-order chi connectivity index (χ0) is 14.4. The second-order valence-corrected chi connectivity index (χ2v) is 5.31. The molecule has 0 N–H and O–H groups in total. The molecular formula is C19H14O2. The molecule has 3 aromatic carbocycles. The average Bonchev–Trinajstić information content (AvgIpc) is 2.54. The maximum Gasteiger partial charge on any atom is 0.194 e. The van der Waals surface area contributed by atoms with E-state index in [2.05, 4.69) is 18.2 Å². The van der Waals surface area contributed by atoms with Crippen molar-refractivity contribution in [2.45, 2.75) is 6.61 Å². The van der Waals surface area contributed by atoms with Gasteiger partial charge in [0, 0.05) is 23.6 Å². The Kier molecular flexibility index (Phi) is 2.66. The summed E-state index contributed by atoms with van der Waals surface area (Å²) in [6.45, 7) is 0.552. The quantitative estimate of drug-likeness (QED) is 0.547. The minimum absolute atomic E-state index is 0.110. The molecule has 0 spiro atoms. The highest BCUT2D eigenvalue weighted by Gasteiger charge is 2.25. The first-order valence-electron chi connectivity index (χ1n) is 6.99. The number of carbonyl (C=O) groups excluding carboxylic acids is 1. The molecule has 2 heteroatoms. The van der Waals surface area contributed by atoms with Crippen LogP contribution >= 0.6 is 0 Å². The van der Waals surface area contributed by atoms with Gasteiger partial charge in [-0.25, -0.2) is 0 Å². The summed E-state index contributed by atoms with van der Waals surface area (Å²) in [6, 6.07) is 18.0. The predicted octanol–water partition coefficient (Wildman–Crippen LogP) is 4.20. The van der Waals surface area contributed by atoms with E-state index < -0.39 is 0 Å². The van der Waals surface area contributed by atoms with Crippen LogP contribution in [-0.2, 0) is 11.3 Å². The standard InChI is InChI=1S/C19H14O2/c1-21-11-12-9-10-15-14-5-2-3-6-16(14)19(20)17-8-4-7-13(12)18(15)17/h2-10H,11H2,1H3. The van der Waals surface area contributed by atoms with Gasteiger partial charge in [-0.2, -0.15) is 0 Å². The van der Waals surface area contributed by atoms with Crippen molar-refractivity contribution >= 4 is 16.6 Å². The van der Waals surface area contributed by atoms with Gasteiger partial charge in [0.1, 0.15) is 0 Å². The predicted molar refractivity (Wildman–Crippen MR) is 83.5 cm³/mol. The third-order valence-electron chi connectivity index (χ3n) is 4.14. The fraction of sp³-hybridized carbons (Fsp3) is 0.105. The Balaban J connectivity index is 2.15. The van der Waals surface area contributed by atoms with Crippen LogP contribution in [0.1, 0.15) is 21.5 Å². The van der Waals surface area contributed by atoms with Crippen molar-refractivity contribution in [2.75, 3.05) is 7.11 Å². The van der Waals surface area contributed by atoms with Crippen LogP contribution in [0.25, 0.3) is 21.9 Å². The van der Waals surface area contributed by atoms with Gasteiger partial charge >= 0.3 is 0 Å². The highest BCUT2D eigenvalue weighted by Crippen LogP contribution is 2.40. The van der Waals surface area contributed by atoms with Gasteiger partial charge in [0.25, 0.3) is 0 Å². The number of hydrogen-bond donors (Lipinski definition) is 0.